The van der Waals surface area contributed by atoms with E-state index in [0.717, 1.165) is 44.1 Å². The van der Waals surface area contributed by atoms with Gasteiger partial charge in [0.05, 0.1) is 42.7 Å². The number of carbonyl (C=O) groups excluding carboxylic acids is 1. The molecule has 368 valence electrons. The highest BCUT2D eigenvalue weighted by molar-refractivity contribution is 5.66. The lowest BCUT2D eigenvalue weighted by Crippen LogP contribution is -2.65. The second kappa shape index (κ2) is 18.5. The van der Waals surface area contributed by atoms with Gasteiger partial charge in [-0.2, -0.15) is 0 Å². The molecule has 15 heteroatoms. The van der Waals surface area contributed by atoms with Gasteiger partial charge in [-0.25, -0.2) is 0 Å². The highest BCUT2D eigenvalue weighted by atomic mass is 16.7. The number of hydrogen-bond acceptors (Lipinski definition) is 15. The van der Waals surface area contributed by atoms with E-state index >= 15 is 0 Å². The van der Waals surface area contributed by atoms with E-state index in [0.29, 0.717) is 31.1 Å². The van der Waals surface area contributed by atoms with Crippen LogP contribution in [-0.4, -0.2) is 151 Å². The number of carbonyl (C=O) groups is 1. The van der Waals surface area contributed by atoms with Crippen molar-refractivity contribution < 1.29 is 74.1 Å². The monoisotopic (exact) mass is 911 g/mol. The van der Waals surface area contributed by atoms with Crippen molar-refractivity contribution in [1.82, 2.24) is 0 Å². The van der Waals surface area contributed by atoms with Crippen molar-refractivity contribution in [2.75, 3.05) is 6.61 Å². The van der Waals surface area contributed by atoms with Crippen molar-refractivity contribution in [3.8, 4) is 0 Å². The SMILES string of the molecule is CC(=O)OC1C(O)CCC(OC2C(O)C(C)OC(OC(C)(CCC=C(C)C)C3C(O)CC4(C)C3CCC3C5(C)CCC(OC6OCC(O)C(O)C6O)C(C)(C)C5CCC34C)C2O)C1O. The normalized spacial score (nSPS) is 51.2. The number of aliphatic hydroxyl groups is 8. The first-order valence-electron chi connectivity index (χ1n) is 24.3. The van der Waals surface area contributed by atoms with Crippen LogP contribution in [0.3, 0.4) is 0 Å². The van der Waals surface area contributed by atoms with Crippen LogP contribution in [0.5, 0.6) is 0 Å². The topological polar surface area (TPSA) is 234 Å². The summed E-state index contributed by atoms with van der Waals surface area (Å²) in [6.07, 6.45) is -6.74. The van der Waals surface area contributed by atoms with Crippen LogP contribution in [0.25, 0.3) is 0 Å². The van der Waals surface area contributed by atoms with Crippen LogP contribution in [-0.2, 0) is 33.2 Å². The molecular formula is C49H82O15. The van der Waals surface area contributed by atoms with Gasteiger partial charge in [0, 0.05) is 12.8 Å². The summed E-state index contributed by atoms with van der Waals surface area (Å²) in [6.45, 7) is 20.7. The minimum atomic E-state index is -1.49. The van der Waals surface area contributed by atoms with Crippen LogP contribution in [0.1, 0.15) is 140 Å². The molecule has 2 heterocycles. The molecule has 15 nitrogen and oxygen atoms in total. The lowest BCUT2D eigenvalue weighted by atomic mass is 9.35. The Kier molecular flexibility index (Phi) is 14.7. The molecule has 8 N–H and O–H groups in total. The second-order valence-corrected chi connectivity index (χ2v) is 23.0. The Morgan fingerprint density at radius 1 is 0.719 bits per heavy atom. The number of rotatable bonds is 11. The number of allylic oxidation sites excluding steroid dienone is 2. The van der Waals surface area contributed by atoms with Crippen LogP contribution < -0.4 is 0 Å². The summed E-state index contributed by atoms with van der Waals surface area (Å²) in [7, 11) is 0. The number of fused-ring (bicyclic) bond motifs is 5. The lowest BCUT2D eigenvalue weighted by molar-refractivity contribution is -0.343. The van der Waals surface area contributed by atoms with Crippen LogP contribution in [0, 0.1) is 45.3 Å². The van der Waals surface area contributed by atoms with E-state index < -0.39 is 97.4 Å². The minimum Gasteiger partial charge on any atom is -0.457 e. The predicted octanol–water partition coefficient (Wildman–Crippen LogP) is 3.66. The Labute approximate surface area is 380 Å². The fourth-order valence-corrected chi connectivity index (χ4v) is 15.1. The Morgan fingerprint density at radius 2 is 1.42 bits per heavy atom. The standard InChI is InChI=1S/C49H82O15/c1-24(2)12-11-19-49(10,64-44-40(58)42(36(54)25(3)60-44)62-31-15-14-28(51)41(38(31)56)61-26(4)50)35-27-13-16-33-46(7)20-18-34(63-43-39(57)37(55)30(53)23-59-43)45(5,6)32(46)17-21-47(33,8)48(27,9)22-29(35)52/h12,25,27-44,51-58H,11,13-23H2,1-10H3. The number of aliphatic hydroxyl groups excluding tert-OH is 8. The molecule has 23 unspecified atom stereocenters. The molecule has 7 aliphatic rings. The highest BCUT2D eigenvalue weighted by Crippen LogP contribution is 2.76. The van der Waals surface area contributed by atoms with E-state index in [1.165, 1.54) is 6.92 Å². The zero-order chi connectivity index (χ0) is 47.1. The van der Waals surface area contributed by atoms with Gasteiger partial charge >= 0.3 is 5.97 Å². The van der Waals surface area contributed by atoms with Crippen LogP contribution >= 0.6 is 0 Å². The zero-order valence-corrected chi connectivity index (χ0v) is 40.0. The van der Waals surface area contributed by atoms with Gasteiger partial charge in [-0.3, -0.25) is 4.79 Å². The third-order valence-corrected chi connectivity index (χ3v) is 18.7. The molecule has 2 aliphatic heterocycles. The summed E-state index contributed by atoms with van der Waals surface area (Å²) in [5.74, 6) is -0.228. The average Bonchev–Trinajstić information content (AvgIpc) is 3.49. The van der Waals surface area contributed by atoms with Gasteiger partial charge in [-0.15, -0.1) is 0 Å². The Balaban J connectivity index is 1.12. The Hall–Kier alpha value is -1.31. The van der Waals surface area contributed by atoms with Gasteiger partial charge in [-0.05, 0) is 138 Å². The van der Waals surface area contributed by atoms with E-state index in [-0.39, 0.29) is 59.0 Å². The molecule has 0 spiro atoms. The molecular weight excluding hydrogens is 829 g/mol. The maximum atomic E-state index is 12.5. The van der Waals surface area contributed by atoms with Crippen molar-refractivity contribution in [1.29, 1.82) is 0 Å². The van der Waals surface area contributed by atoms with E-state index in [9.17, 15) is 45.6 Å². The first kappa shape index (κ1) is 50.6. The first-order chi connectivity index (χ1) is 29.8. The van der Waals surface area contributed by atoms with Crippen LogP contribution in [0.15, 0.2) is 11.6 Å². The molecule has 5 aliphatic carbocycles. The van der Waals surface area contributed by atoms with Crippen molar-refractivity contribution in [2.45, 2.75) is 237 Å². The Morgan fingerprint density at radius 3 is 2.09 bits per heavy atom. The second-order valence-electron chi connectivity index (χ2n) is 23.0. The van der Waals surface area contributed by atoms with Gasteiger partial charge in [-0.1, -0.05) is 46.3 Å². The maximum absolute atomic E-state index is 12.5. The molecule has 23 atom stereocenters. The van der Waals surface area contributed by atoms with E-state index in [4.69, 9.17) is 28.4 Å². The van der Waals surface area contributed by atoms with Crippen LogP contribution in [0.4, 0.5) is 0 Å². The molecule has 0 bridgehead atoms. The fourth-order valence-electron chi connectivity index (χ4n) is 15.1. The quantitative estimate of drug-likeness (QED) is 0.0840. The first-order valence-corrected chi connectivity index (χ1v) is 24.3. The zero-order valence-electron chi connectivity index (χ0n) is 40.0. The average molecular weight is 911 g/mol. The summed E-state index contributed by atoms with van der Waals surface area (Å²) in [5.41, 5.74) is -0.531. The third kappa shape index (κ3) is 8.70. The van der Waals surface area contributed by atoms with E-state index in [2.05, 4.69) is 40.7 Å². The number of ether oxygens (including phenoxy) is 6. The summed E-state index contributed by atoms with van der Waals surface area (Å²) >= 11 is 0. The van der Waals surface area contributed by atoms with Crippen molar-refractivity contribution >= 4 is 5.97 Å². The molecule has 0 aromatic heterocycles. The van der Waals surface area contributed by atoms with Gasteiger partial charge in [0.25, 0.3) is 0 Å². The van der Waals surface area contributed by atoms with E-state index in [1.807, 2.05) is 20.8 Å². The summed E-state index contributed by atoms with van der Waals surface area (Å²) in [6, 6.07) is 0. The van der Waals surface area contributed by atoms with Gasteiger partial charge < -0.3 is 69.3 Å². The van der Waals surface area contributed by atoms with Crippen molar-refractivity contribution in [3.63, 3.8) is 0 Å². The summed E-state index contributed by atoms with van der Waals surface area (Å²) in [5, 5.41) is 88.8. The molecule has 64 heavy (non-hydrogen) atoms. The molecule has 0 aromatic rings. The third-order valence-electron chi connectivity index (χ3n) is 18.7. The molecule has 7 fully saturated rings. The smallest absolute Gasteiger partial charge is 0.303 e. The number of esters is 1. The highest BCUT2D eigenvalue weighted by Gasteiger charge is 2.72. The molecule has 0 amide bonds. The molecule has 0 aromatic carbocycles. The van der Waals surface area contributed by atoms with Gasteiger partial charge in [0.2, 0.25) is 0 Å². The van der Waals surface area contributed by atoms with Gasteiger partial charge in [0.1, 0.15) is 42.7 Å². The molecule has 0 radical (unpaired) electrons. The largest absolute Gasteiger partial charge is 0.457 e. The lowest BCUT2D eigenvalue weighted by Gasteiger charge is -2.70. The number of hydrogen-bond donors (Lipinski definition) is 8. The summed E-state index contributed by atoms with van der Waals surface area (Å²) < 4.78 is 37.1. The van der Waals surface area contributed by atoms with Crippen LogP contribution in [0.2, 0.25) is 0 Å². The summed E-state index contributed by atoms with van der Waals surface area (Å²) in [4.78, 5) is 11.8. The Bertz CT molecular complexity index is 1670. The van der Waals surface area contributed by atoms with E-state index in [1.54, 1.807) is 6.92 Å². The molecule has 5 saturated carbocycles. The molecule has 2 saturated heterocycles. The fraction of sp³-hybridized carbons (Fsp3) is 0.939. The van der Waals surface area contributed by atoms with Crippen molar-refractivity contribution in [2.24, 2.45) is 45.3 Å². The maximum Gasteiger partial charge on any atom is 0.303 e. The molecule has 7 rings (SSSR count). The van der Waals surface area contributed by atoms with Crippen molar-refractivity contribution in [3.05, 3.63) is 11.6 Å². The van der Waals surface area contributed by atoms with Gasteiger partial charge in [0.15, 0.2) is 18.7 Å². The predicted molar refractivity (Wildman–Crippen MR) is 233 cm³/mol. The minimum absolute atomic E-state index is 0.0351.